The van der Waals surface area contributed by atoms with Crippen LogP contribution in [0.5, 0.6) is 0 Å². The van der Waals surface area contributed by atoms with Gasteiger partial charge in [0.2, 0.25) is 0 Å². The van der Waals surface area contributed by atoms with E-state index in [-0.39, 0.29) is 6.10 Å². The Morgan fingerprint density at radius 3 is 2.67 bits per heavy atom. The van der Waals surface area contributed by atoms with Crippen molar-refractivity contribution in [3.05, 3.63) is 0 Å². The molecule has 2 N–H and O–H groups in total. The lowest BCUT2D eigenvalue weighted by Gasteiger charge is -2.16. The zero-order valence-electron chi connectivity index (χ0n) is 12.0. The monoisotopic (exact) mass is 258 g/mol. The predicted molar refractivity (Wildman–Crippen MR) is 74.9 cm³/mol. The molecule has 1 fully saturated rings. The molecule has 0 bridgehead atoms. The second-order valence-electron chi connectivity index (χ2n) is 5.61. The zero-order chi connectivity index (χ0) is 13.2. The Balaban J connectivity index is 1.85. The Morgan fingerprint density at radius 1 is 1.28 bits per heavy atom. The third-order valence-corrected chi connectivity index (χ3v) is 3.42. The van der Waals surface area contributed by atoms with E-state index in [0.717, 1.165) is 19.5 Å². The number of nitrogens with one attached hydrogen (secondary N) is 1. The summed E-state index contributed by atoms with van der Waals surface area (Å²) in [6.45, 7) is 3.24. The van der Waals surface area contributed by atoms with Gasteiger partial charge in [-0.3, -0.25) is 0 Å². The number of hydrogen-bond acceptors (Lipinski definition) is 4. The fraction of sp³-hybridized carbons (Fsp3) is 1.00. The summed E-state index contributed by atoms with van der Waals surface area (Å²) in [7, 11) is 4.19. The molecule has 108 valence electrons. The van der Waals surface area contributed by atoms with Gasteiger partial charge in [-0.15, -0.1) is 0 Å². The summed E-state index contributed by atoms with van der Waals surface area (Å²) in [5, 5.41) is 13.0. The highest BCUT2D eigenvalue weighted by atomic mass is 16.5. The minimum absolute atomic E-state index is 0.362. The molecule has 0 heterocycles. The lowest BCUT2D eigenvalue weighted by Crippen LogP contribution is -2.32. The van der Waals surface area contributed by atoms with E-state index in [9.17, 15) is 5.11 Å². The van der Waals surface area contributed by atoms with Crippen LogP contribution in [0.15, 0.2) is 0 Å². The van der Waals surface area contributed by atoms with Crippen molar-refractivity contribution in [1.82, 2.24) is 10.2 Å². The summed E-state index contributed by atoms with van der Waals surface area (Å²) in [4.78, 5) is 2.20. The van der Waals surface area contributed by atoms with Gasteiger partial charge in [0.15, 0.2) is 0 Å². The SMILES string of the molecule is CN(C)CCCCNCC(O)COC1CCCC1. The van der Waals surface area contributed by atoms with E-state index in [1.54, 1.807) is 0 Å². The van der Waals surface area contributed by atoms with Crippen molar-refractivity contribution < 1.29 is 9.84 Å². The van der Waals surface area contributed by atoms with Gasteiger partial charge >= 0.3 is 0 Å². The molecular formula is C14H30N2O2. The van der Waals surface area contributed by atoms with Gasteiger partial charge in [0.25, 0.3) is 0 Å². The summed E-state index contributed by atoms with van der Waals surface area (Å²) < 4.78 is 5.68. The van der Waals surface area contributed by atoms with Crippen LogP contribution in [-0.2, 0) is 4.74 Å². The van der Waals surface area contributed by atoms with Gasteiger partial charge in [0.1, 0.15) is 0 Å². The summed E-state index contributed by atoms with van der Waals surface area (Å²) in [6.07, 6.45) is 7.31. The number of unbranched alkanes of at least 4 members (excludes halogenated alkanes) is 1. The molecule has 18 heavy (non-hydrogen) atoms. The van der Waals surface area contributed by atoms with E-state index >= 15 is 0 Å². The molecule has 0 aromatic carbocycles. The van der Waals surface area contributed by atoms with Gasteiger partial charge in [-0.1, -0.05) is 12.8 Å². The van der Waals surface area contributed by atoms with Crippen LogP contribution in [0, 0.1) is 0 Å². The van der Waals surface area contributed by atoms with Crippen molar-refractivity contribution in [2.24, 2.45) is 0 Å². The highest BCUT2D eigenvalue weighted by Gasteiger charge is 2.16. The smallest absolute Gasteiger partial charge is 0.0897 e. The maximum absolute atomic E-state index is 9.76. The van der Waals surface area contributed by atoms with Crippen LogP contribution in [0.1, 0.15) is 38.5 Å². The molecular weight excluding hydrogens is 228 g/mol. The van der Waals surface area contributed by atoms with Crippen LogP contribution in [-0.4, -0.2) is 62.6 Å². The first-order chi connectivity index (χ1) is 8.68. The fourth-order valence-electron chi connectivity index (χ4n) is 2.31. The van der Waals surface area contributed by atoms with Crippen molar-refractivity contribution in [3.8, 4) is 0 Å². The van der Waals surface area contributed by atoms with E-state index < -0.39 is 0 Å². The topological polar surface area (TPSA) is 44.7 Å². The molecule has 1 rings (SSSR count). The van der Waals surface area contributed by atoms with Crippen LogP contribution in [0.2, 0.25) is 0 Å². The van der Waals surface area contributed by atoms with E-state index in [1.807, 2.05) is 0 Å². The van der Waals surface area contributed by atoms with Crippen molar-refractivity contribution in [3.63, 3.8) is 0 Å². The minimum Gasteiger partial charge on any atom is -0.389 e. The normalized spacial score (nSPS) is 18.7. The maximum atomic E-state index is 9.76. The summed E-state index contributed by atoms with van der Waals surface area (Å²) in [6, 6.07) is 0. The molecule has 0 aromatic rings. The summed E-state index contributed by atoms with van der Waals surface area (Å²) in [5.41, 5.74) is 0. The highest BCUT2D eigenvalue weighted by Crippen LogP contribution is 2.20. The molecule has 1 saturated carbocycles. The fourth-order valence-corrected chi connectivity index (χ4v) is 2.31. The van der Waals surface area contributed by atoms with Gasteiger partial charge in [-0.05, 0) is 52.9 Å². The Morgan fingerprint density at radius 2 is 2.00 bits per heavy atom. The number of aliphatic hydroxyl groups is 1. The first-order valence-electron chi connectivity index (χ1n) is 7.33. The van der Waals surface area contributed by atoms with Crippen LogP contribution >= 0.6 is 0 Å². The Hall–Kier alpha value is -0.160. The van der Waals surface area contributed by atoms with Crippen molar-refractivity contribution in [2.45, 2.75) is 50.7 Å². The lowest BCUT2D eigenvalue weighted by atomic mass is 10.3. The van der Waals surface area contributed by atoms with E-state index in [1.165, 1.54) is 32.1 Å². The second-order valence-corrected chi connectivity index (χ2v) is 5.61. The van der Waals surface area contributed by atoms with Crippen molar-refractivity contribution >= 4 is 0 Å². The average Bonchev–Trinajstić information content (AvgIpc) is 2.83. The standard InChI is InChI=1S/C14H30N2O2/c1-16(2)10-6-5-9-15-11-13(17)12-18-14-7-3-4-8-14/h13-15,17H,3-12H2,1-2H3. The maximum Gasteiger partial charge on any atom is 0.0897 e. The van der Waals surface area contributed by atoms with Crippen molar-refractivity contribution in [1.29, 1.82) is 0 Å². The van der Waals surface area contributed by atoms with Crippen LogP contribution < -0.4 is 5.32 Å². The lowest BCUT2D eigenvalue weighted by molar-refractivity contribution is -0.00536. The largest absolute Gasteiger partial charge is 0.389 e. The van der Waals surface area contributed by atoms with E-state index in [2.05, 4.69) is 24.3 Å². The number of rotatable bonds is 10. The number of nitrogens with zero attached hydrogens (tertiary/aromatic N) is 1. The van der Waals surface area contributed by atoms with Crippen LogP contribution in [0.4, 0.5) is 0 Å². The molecule has 0 aliphatic heterocycles. The van der Waals surface area contributed by atoms with Gasteiger partial charge in [0, 0.05) is 6.54 Å². The molecule has 0 amide bonds. The van der Waals surface area contributed by atoms with Gasteiger partial charge < -0.3 is 20.1 Å². The number of ether oxygens (including phenoxy) is 1. The molecule has 0 aromatic heterocycles. The molecule has 0 saturated heterocycles. The van der Waals surface area contributed by atoms with Crippen molar-refractivity contribution in [2.75, 3.05) is 40.3 Å². The molecule has 1 atom stereocenters. The third kappa shape index (κ3) is 8.03. The molecule has 4 nitrogen and oxygen atoms in total. The van der Waals surface area contributed by atoms with Gasteiger partial charge in [0.05, 0.1) is 18.8 Å². The zero-order valence-corrected chi connectivity index (χ0v) is 12.0. The average molecular weight is 258 g/mol. The van der Waals surface area contributed by atoms with E-state index in [0.29, 0.717) is 19.3 Å². The predicted octanol–water partition coefficient (Wildman–Crippen LogP) is 1.24. The quantitative estimate of drug-likeness (QED) is 0.579. The number of aliphatic hydroxyl groups excluding tert-OH is 1. The van der Waals surface area contributed by atoms with Crippen LogP contribution in [0.25, 0.3) is 0 Å². The minimum atomic E-state index is -0.362. The molecule has 0 radical (unpaired) electrons. The van der Waals surface area contributed by atoms with E-state index in [4.69, 9.17) is 4.74 Å². The first kappa shape index (κ1) is 15.9. The Bertz CT molecular complexity index is 194. The summed E-state index contributed by atoms with van der Waals surface area (Å²) in [5.74, 6) is 0. The van der Waals surface area contributed by atoms with Crippen LogP contribution in [0.3, 0.4) is 0 Å². The van der Waals surface area contributed by atoms with Gasteiger partial charge in [-0.2, -0.15) is 0 Å². The molecule has 1 aliphatic rings. The molecule has 1 aliphatic carbocycles. The summed E-state index contributed by atoms with van der Waals surface area (Å²) >= 11 is 0. The molecule has 4 heteroatoms. The Kier molecular flexibility index (Phi) is 8.59. The van der Waals surface area contributed by atoms with Gasteiger partial charge in [-0.25, -0.2) is 0 Å². The molecule has 1 unspecified atom stereocenters. The first-order valence-corrected chi connectivity index (χ1v) is 7.33. The Labute approximate surface area is 112 Å². The highest BCUT2D eigenvalue weighted by molar-refractivity contribution is 4.68. The molecule has 0 spiro atoms. The second kappa shape index (κ2) is 9.73. The third-order valence-electron chi connectivity index (χ3n) is 3.42. The number of hydrogen-bond donors (Lipinski definition) is 2.